The third kappa shape index (κ3) is 2.06. The first-order valence-corrected chi connectivity index (χ1v) is 8.07. The van der Waals surface area contributed by atoms with Gasteiger partial charge in [-0.1, -0.05) is 23.5 Å². The van der Waals surface area contributed by atoms with Crippen LogP contribution in [0.5, 0.6) is 0 Å². The van der Waals surface area contributed by atoms with E-state index in [0.29, 0.717) is 6.54 Å². The van der Waals surface area contributed by atoms with Gasteiger partial charge < -0.3 is 4.57 Å². The molecule has 0 spiro atoms. The molecule has 0 aliphatic carbocycles. The number of nitrogens with zero attached hydrogens (tertiary/aromatic N) is 8. The molecule has 0 aliphatic rings. The summed E-state index contributed by atoms with van der Waals surface area (Å²) in [6.45, 7) is 0.547. The first-order valence-electron chi connectivity index (χ1n) is 7.26. The van der Waals surface area contributed by atoms with E-state index in [4.69, 9.17) is 0 Å². The van der Waals surface area contributed by atoms with Gasteiger partial charge >= 0.3 is 0 Å². The van der Waals surface area contributed by atoms with Crippen LogP contribution in [0.2, 0.25) is 0 Å². The second-order valence-corrected chi connectivity index (χ2v) is 6.13. The van der Waals surface area contributed by atoms with E-state index < -0.39 is 0 Å². The van der Waals surface area contributed by atoms with E-state index in [1.54, 1.807) is 23.1 Å². The maximum atomic E-state index is 4.58. The summed E-state index contributed by atoms with van der Waals surface area (Å²) in [7, 11) is 0. The third-order valence-electron chi connectivity index (χ3n) is 3.68. The zero-order chi connectivity index (χ0) is 15.9. The molecule has 4 aromatic heterocycles. The van der Waals surface area contributed by atoms with Crippen molar-refractivity contribution >= 4 is 27.3 Å². The lowest BCUT2D eigenvalue weighted by atomic mass is 10.3. The summed E-state index contributed by atoms with van der Waals surface area (Å²) in [4.78, 5) is 13.5. The summed E-state index contributed by atoms with van der Waals surface area (Å²) < 4.78 is 3.79. The van der Waals surface area contributed by atoms with Crippen LogP contribution < -0.4 is 0 Å². The highest BCUT2D eigenvalue weighted by molar-refractivity contribution is 7.19. The fourth-order valence-electron chi connectivity index (χ4n) is 2.56. The van der Waals surface area contributed by atoms with Gasteiger partial charge in [0.2, 0.25) is 4.96 Å². The summed E-state index contributed by atoms with van der Waals surface area (Å²) in [5.41, 5.74) is 2.74. The molecule has 9 heteroatoms. The van der Waals surface area contributed by atoms with Crippen molar-refractivity contribution in [2.24, 2.45) is 0 Å². The van der Waals surface area contributed by atoms with E-state index >= 15 is 0 Å². The molecule has 0 aliphatic heterocycles. The highest BCUT2D eigenvalue weighted by atomic mass is 32.1. The van der Waals surface area contributed by atoms with E-state index in [0.717, 1.165) is 32.5 Å². The largest absolute Gasteiger partial charge is 0.323 e. The van der Waals surface area contributed by atoms with Crippen LogP contribution in [-0.2, 0) is 6.54 Å². The van der Waals surface area contributed by atoms with Gasteiger partial charge in [0.25, 0.3) is 0 Å². The summed E-state index contributed by atoms with van der Waals surface area (Å²) in [6.07, 6.45) is 6.78. The van der Waals surface area contributed by atoms with E-state index in [1.165, 1.54) is 11.3 Å². The Morgan fingerprint density at radius 1 is 1.04 bits per heavy atom. The topological polar surface area (TPSA) is 86.7 Å². The van der Waals surface area contributed by atoms with Gasteiger partial charge in [-0.15, -0.1) is 10.2 Å². The third-order valence-corrected chi connectivity index (χ3v) is 4.60. The molecule has 5 rings (SSSR count). The van der Waals surface area contributed by atoms with Crippen LogP contribution in [0.25, 0.3) is 26.7 Å². The van der Waals surface area contributed by atoms with Crippen molar-refractivity contribution in [2.45, 2.75) is 6.54 Å². The average Bonchev–Trinajstić information content (AvgIpc) is 3.32. The molecule has 0 unspecified atom stereocenters. The quantitative estimate of drug-likeness (QED) is 0.502. The predicted octanol–water partition coefficient (Wildman–Crippen LogP) is 2.04. The average molecular weight is 334 g/mol. The predicted molar refractivity (Wildman–Crippen MR) is 88.5 cm³/mol. The van der Waals surface area contributed by atoms with Gasteiger partial charge in [0.1, 0.15) is 5.69 Å². The normalized spacial score (nSPS) is 11.5. The van der Waals surface area contributed by atoms with Gasteiger partial charge in [-0.2, -0.15) is 9.61 Å². The highest BCUT2D eigenvalue weighted by Crippen LogP contribution is 2.23. The number of benzene rings is 1. The lowest BCUT2D eigenvalue weighted by molar-refractivity contribution is 0.726. The van der Waals surface area contributed by atoms with E-state index in [9.17, 15) is 0 Å². The Balaban J connectivity index is 1.57. The molecule has 0 radical (unpaired) electrons. The molecule has 8 nitrogen and oxygen atoms in total. The van der Waals surface area contributed by atoms with Crippen molar-refractivity contribution in [3.63, 3.8) is 0 Å². The minimum atomic E-state index is 0.547. The number of para-hydroxylation sites is 2. The molecular weight excluding hydrogens is 324 g/mol. The Morgan fingerprint density at radius 2 is 2.00 bits per heavy atom. The maximum Gasteiger partial charge on any atom is 0.235 e. The van der Waals surface area contributed by atoms with Crippen LogP contribution in [0.3, 0.4) is 0 Å². The number of fused-ring (bicyclic) bond motifs is 2. The number of hydrogen-bond acceptors (Lipinski definition) is 7. The molecule has 0 bridgehead atoms. The molecule has 116 valence electrons. The van der Waals surface area contributed by atoms with Crippen molar-refractivity contribution in [3.8, 4) is 10.7 Å². The summed E-state index contributed by atoms with van der Waals surface area (Å²) in [5, 5.41) is 13.8. The van der Waals surface area contributed by atoms with Crippen molar-refractivity contribution < 1.29 is 0 Å². The second-order valence-electron chi connectivity index (χ2n) is 5.17. The Labute approximate surface area is 139 Å². The fourth-order valence-corrected chi connectivity index (χ4v) is 3.38. The van der Waals surface area contributed by atoms with Crippen molar-refractivity contribution in [2.75, 3.05) is 0 Å². The molecule has 0 saturated carbocycles. The minimum Gasteiger partial charge on any atom is -0.323 e. The van der Waals surface area contributed by atoms with Crippen LogP contribution in [0, 0.1) is 0 Å². The van der Waals surface area contributed by atoms with Crippen LogP contribution in [0.15, 0.2) is 49.2 Å². The standard InChI is InChI=1S/C15H10N8S/c1-2-4-12-10(3-1)18-9-22(12)8-13-19-20-15-23(13)21-14(24-15)11-7-16-5-6-17-11/h1-7,9H,8H2. The minimum absolute atomic E-state index is 0.547. The first kappa shape index (κ1) is 13.3. The smallest absolute Gasteiger partial charge is 0.235 e. The lowest BCUT2D eigenvalue weighted by Crippen LogP contribution is -2.04. The Bertz CT molecular complexity index is 1140. The van der Waals surface area contributed by atoms with Gasteiger partial charge in [0.15, 0.2) is 10.8 Å². The summed E-state index contributed by atoms with van der Waals surface area (Å²) in [6, 6.07) is 7.99. The Kier molecular flexibility index (Phi) is 2.85. The summed E-state index contributed by atoms with van der Waals surface area (Å²) >= 11 is 1.44. The van der Waals surface area contributed by atoms with Gasteiger partial charge in [-0.05, 0) is 12.1 Å². The van der Waals surface area contributed by atoms with Crippen LogP contribution in [-0.4, -0.2) is 39.3 Å². The molecule has 0 atom stereocenters. The van der Waals surface area contributed by atoms with Crippen LogP contribution >= 0.6 is 11.3 Å². The molecule has 1 aromatic carbocycles. The first-order chi connectivity index (χ1) is 11.9. The molecule has 4 heterocycles. The number of aromatic nitrogens is 8. The number of hydrogen-bond donors (Lipinski definition) is 0. The SMILES string of the molecule is c1ccc2c(c1)ncn2Cc1nnc2sc(-c3cnccn3)nn12. The summed E-state index contributed by atoms with van der Waals surface area (Å²) in [5.74, 6) is 0.750. The van der Waals surface area contributed by atoms with Crippen LogP contribution in [0.1, 0.15) is 5.82 Å². The Hall–Kier alpha value is -3.20. The lowest BCUT2D eigenvalue weighted by Gasteiger charge is -2.01. The molecule has 0 fully saturated rings. The molecule has 24 heavy (non-hydrogen) atoms. The molecule has 0 amide bonds. The zero-order valence-corrected chi connectivity index (χ0v) is 13.1. The Morgan fingerprint density at radius 3 is 2.92 bits per heavy atom. The van der Waals surface area contributed by atoms with E-state index in [-0.39, 0.29) is 0 Å². The van der Waals surface area contributed by atoms with Crippen molar-refractivity contribution in [3.05, 3.63) is 55.0 Å². The number of imidazole rings is 1. The van der Waals surface area contributed by atoms with Crippen molar-refractivity contribution in [1.82, 2.24) is 39.3 Å². The zero-order valence-electron chi connectivity index (χ0n) is 12.3. The van der Waals surface area contributed by atoms with Gasteiger partial charge in [0.05, 0.1) is 30.1 Å². The highest BCUT2D eigenvalue weighted by Gasteiger charge is 2.14. The van der Waals surface area contributed by atoms with Crippen LogP contribution in [0.4, 0.5) is 0 Å². The van der Waals surface area contributed by atoms with E-state index in [1.807, 2.05) is 35.2 Å². The van der Waals surface area contributed by atoms with Gasteiger partial charge in [-0.25, -0.2) is 4.98 Å². The van der Waals surface area contributed by atoms with Gasteiger partial charge in [0, 0.05) is 12.4 Å². The fraction of sp³-hybridized carbons (Fsp3) is 0.0667. The molecule has 0 saturated heterocycles. The van der Waals surface area contributed by atoms with Crippen molar-refractivity contribution in [1.29, 1.82) is 0 Å². The second kappa shape index (κ2) is 5.17. The maximum absolute atomic E-state index is 4.58. The molecular formula is C15H10N8S. The molecule has 5 aromatic rings. The van der Waals surface area contributed by atoms with E-state index in [2.05, 4.69) is 30.2 Å². The monoisotopic (exact) mass is 334 g/mol. The van der Waals surface area contributed by atoms with Gasteiger partial charge in [-0.3, -0.25) is 9.97 Å². The molecule has 0 N–H and O–H groups in total. The number of rotatable bonds is 3.